The summed E-state index contributed by atoms with van der Waals surface area (Å²) in [7, 11) is 0. The predicted octanol–water partition coefficient (Wildman–Crippen LogP) is 17.8. The highest BCUT2D eigenvalue weighted by Crippen LogP contribution is 2.64. The molecule has 0 amide bonds. The van der Waals surface area contributed by atoms with Crippen molar-refractivity contribution in [3.63, 3.8) is 0 Å². The average molecular weight is 879 g/mol. The van der Waals surface area contributed by atoms with E-state index in [4.69, 9.17) is 4.74 Å². The second-order valence-corrected chi connectivity index (χ2v) is 19.3. The van der Waals surface area contributed by atoms with Crippen molar-refractivity contribution in [2.24, 2.45) is 0 Å². The minimum atomic E-state index is -0.589. The lowest BCUT2D eigenvalue weighted by Gasteiger charge is -2.41. The lowest BCUT2D eigenvalue weighted by atomic mass is 9.66. The number of anilines is 6. The molecule has 0 atom stereocenters. The molecule has 1 spiro atoms. The van der Waals surface area contributed by atoms with Crippen LogP contribution in [0.3, 0.4) is 0 Å². The monoisotopic (exact) mass is 878 g/mol. The van der Waals surface area contributed by atoms with Crippen molar-refractivity contribution in [1.82, 2.24) is 0 Å². The van der Waals surface area contributed by atoms with Crippen molar-refractivity contribution in [1.29, 1.82) is 0 Å². The quantitative estimate of drug-likeness (QED) is 0.165. The molecule has 0 unspecified atom stereocenters. The predicted molar refractivity (Wildman–Crippen MR) is 279 cm³/mol. The second kappa shape index (κ2) is 14.5. The zero-order chi connectivity index (χ0) is 43.3. The van der Waals surface area contributed by atoms with Gasteiger partial charge in [0.15, 0.2) is 5.75 Å². The van der Waals surface area contributed by atoms with Gasteiger partial charge in [-0.25, -0.2) is 0 Å². The minimum absolute atomic E-state index is 0.589. The van der Waals surface area contributed by atoms with Gasteiger partial charge in [-0.15, -0.1) is 22.7 Å². The number of fused-ring (bicyclic) bond motifs is 15. The van der Waals surface area contributed by atoms with Crippen molar-refractivity contribution in [3.05, 3.63) is 253 Å². The number of benzene rings is 10. The topological polar surface area (TPSA) is 15.7 Å². The number of nitrogens with zero attached hydrogens (tertiary/aromatic N) is 2. The molecule has 12 aromatic rings. The Morgan fingerprint density at radius 3 is 1.62 bits per heavy atom. The van der Waals surface area contributed by atoms with Gasteiger partial charge in [0.05, 0.1) is 27.2 Å². The van der Waals surface area contributed by atoms with E-state index in [0.29, 0.717) is 0 Å². The van der Waals surface area contributed by atoms with Gasteiger partial charge < -0.3 is 14.5 Å². The summed E-state index contributed by atoms with van der Waals surface area (Å²) in [4.78, 5) is 4.85. The summed E-state index contributed by atoms with van der Waals surface area (Å²) in [5.41, 5.74) is 13.2. The fourth-order valence-electron chi connectivity index (χ4n) is 11.1. The maximum absolute atomic E-state index is 7.33. The Morgan fingerprint density at radius 1 is 0.333 bits per heavy atom. The van der Waals surface area contributed by atoms with Gasteiger partial charge in [-0.05, 0) is 101 Å². The van der Waals surface area contributed by atoms with Gasteiger partial charge in [0, 0.05) is 63.8 Å². The molecule has 0 N–H and O–H groups in total. The molecule has 10 aromatic carbocycles. The highest BCUT2D eigenvalue weighted by Gasteiger charge is 2.51. The van der Waals surface area contributed by atoms with E-state index in [-0.39, 0.29) is 0 Å². The van der Waals surface area contributed by atoms with Gasteiger partial charge in [0.2, 0.25) is 0 Å². The normalized spacial score (nSPS) is 13.1. The first-order valence-electron chi connectivity index (χ1n) is 22.4. The summed E-state index contributed by atoms with van der Waals surface area (Å²) < 4.78 is 12.4. The van der Waals surface area contributed by atoms with E-state index in [9.17, 15) is 0 Å². The Hall–Kier alpha value is -7.96. The SMILES string of the molecule is c1ccc(N(c2ccc(N(c3cccc4c3Oc3ccccc3C43c4ccccc4-c4ccccc43)c3cccc4sc5ccccc5c34)cc2)c2cccc3c2sc2ccccc23)cc1. The van der Waals surface area contributed by atoms with Crippen molar-refractivity contribution < 1.29 is 4.74 Å². The molecule has 66 heavy (non-hydrogen) atoms. The van der Waals surface area contributed by atoms with Crippen molar-refractivity contribution in [2.75, 3.05) is 9.80 Å². The first-order chi connectivity index (χ1) is 32.8. The molecular weight excluding hydrogens is 841 g/mol. The molecule has 2 aliphatic rings. The Morgan fingerprint density at radius 2 is 0.848 bits per heavy atom. The molecule has 0 radical (unpaired) electrons. The highest BCUT2D eigenvalue weighted by atomic mass is 32.1. The lowest BCUT2D eigenvalue weighted by Crippen LogP contribution is -2.32. The lowest BCUT2D eigenvalue weighted by molar-refractivity contribution is 0.437. The molecule has 0 bridgehead atoms. The van der Waals surface area contributed by atoms with E-state index in [1.807, 2.05) is 22.7 Å². The maximum atomic E-state index is 7.33. The van der Waals surface area contributed by atoms with E-state index in [1.165, 1.54) is 62.6 Å². The van der Waals surface area contributed by atoms with Gasteiger partial charge in [0.1, 0.15) is 5.75 Å². The van der Waals surface area contributed by atoms with Crippen LogP contribution in [-0.2, 0) is 5.41 Å². The van der Waals surface area contributed by atoms with Gasteiger partial charge in [-0.1, -0.05) is 152 Å². The van der Waals surface area contributed by atoms with Gasteiger partial charge in [-0.2, -0.15) is 0 Å². The summed E-state index contributed by atoms with van der Waals surface area (Å²) in [5, 5.41) is 5.03. The van der Waals surface area contributed by atoms with Crippen molar-refractivity contribution >= 4 is 97.1 Å². The summed E-state index contributed by atoms with van der Waals surface area (Å²) >= 11 is 3.70. The van der Waals surface area contributed by atoms with Crippen LogP contribution in [0.2, 0.25) is 0 Å². The number of hydrogen-bond acceptors (Lipinski definition) is 5. The number of rotatable bonds is 6. The molecule has 5 heteroatoms. The van der Waals surface area contributed by atoms with Crippen LogP contribution in [0.25, 0.3) is 51.5 Å². The summed E-state index contributed by atoms with van der Waals surface area (Å²) in [6.45, 7) is 0. The number of thiophene rings is 2. The third-order valence-electron chi connectivity index (χ3n) is 13.7. The average Bonchev–Trinajstić information content (AvgIpc) is 4.05. The Kier molecular flexibility index (Phi) is 8.24. The highest BCUT2D eigenvalue weighted by molar-refractivity contribution is 7.26. The summed E-state index contributed by atoms with van der Waals surface area (Å²) in [6, 6.07) is 84.2. The molecule has 310 valence electrons. The molecule has 0 fully saturated rings. The summed E-state index contributed by atoms with van der Waals surface area (Å²) in [6.07, 6.45) is 0. The molecule has 1 aliphatic heterocycles. The Labute approximate surface area is 390 Å². The molecule has 2 aromatic heterocycles. The van der Waals surface area contributed by atoms with Crippen LogP contribution in [0.15, 0.2) is 231 Å². The molecule has 14 rings (SSSR count). The van der Waals surface area contributed by atoms with Crippen LogP contribution in [0.5, 0.6) is 11.5 Å². The summed E-state index contributed by atoms with van der Waals surface area (Å²) in [5.74, 6) is 1.72. The number of ether oxygens (including phenoxy) is 1. The van der Waals surface area contributed by atoms with E-state index >= 15 is 0 Å². The van der Waals surface area contributed by atoms with E-state index in [1.54, 1.807) is 0 Å². The van der Waals surface area contributed by atoms with Crippen LogP contribution in [-0.4, -0.2) is 0 Å². The van der Waals surface area contributed by atoms with E-state index in [2.05, 4.69) is 240 Å². The van der Waals surface area contributed by atoms with Crippen LogP contribution in [0.1, 0.15) is 22.3 Å². The largest absolute Gasteiger partial charge is 0.454 e. The Bertz CT molecular complexity index is 3840. The zero-order valence-electron chi connectivity index (χ0n) is 35.6. The fraction of sp³-hybridized carbons (Fsp3) is 0.0164. The molecule has 0 saturated carbocycles. The van der Waals surface area contributed by atoms with Crippen LogP contribution in [0, 0.1) is 0 Å². The van der Waals surface area contributed by atoms with E-state index < -0.39 is 5.41 Å². The first-order valence-corrected chi connectivity index (χ1v) is 24.1. The van der Waals surface area contributed by atoms with Crippen LogP contribution in [0.4, 0.5) is 34.1 Å². The van der Waals surface area contributed by atoms with Crippen molar-refractivity contribution in [2.45, 2.75) is 5.41 Å². The zero-order valence-corrected chi connectivity index (χ0v) is 37.2. The molecule has 1 aliphatic carbocycles. The van der Waals surface area contributed by atoms with Gasteiger partial charge >= 0.3 is 0 Å². The molecular formula is C61H38N2OS2. The Balaban J connectivity index is 1.02. The molecule has 0 saturated heterocycles. The number of para-hydroxylation sites is 3. The smallest absolute Gasteiger partial charge is 0.156 e. The van der Waals surface area contributed by atoms with Gasteiger partial charge in [0.25, 0.3) is 0 Å². The molecule has 3 nitrogen and oxygen atoms in total. The van der Waals surface area contributed by atoms with Crippen LogP contribution >= 0.6 is 22.7 Å². The first kappa shape index (κ1) is 37.4. The maximum Gasteiger partial charge on any atom is 0.156 e. The van der Waals surface area contributed by atoms with Gasteiger partial charge in [-0.3, -0.25) is 0 Å². The third-order valence-corrected chi connectivity index (χ3v) is 16.1. The number of hydrogen-bond donors (Lipinski definition) is 0. The minimum Gasteiger partial charge on any atom is -0.454 e. The fourth-order valence-corrected chi connectivity index (χ4v) is 13.4. The van der Waals surface area contributed by atoms with E-state index in [0.717, 1.165) is 56.8 Å². The van der Waals surface area contributed by atoms with Crippen molar-refractivity contribution in [3.8, 4) is 22.6 Å². The standard InChI is InChI=1S/C61H38N2OS2/c1-2-17-39(18-3-1)62(53-30-14-23-45-44-21-6-12-32-55(44)66-60(45)53)40-35-37-41(38-36-40)63(51-28-16-34-57-58(51)46-22-7-13-33-56(46)65-57)52-29-15-27-50-59(52)64-54-31-11-10-26-49(54)61(50)47-24-8-4-19-42(47)43-20-5-9-25-48(43)61/h1-38H. The third kappa shape index (κ3) is 5.30. The van der Waals surface area contributed by atoms with Crippen LogP contribution < -0.4 is 14.5 Å². The molecule has 3 heterocycles. The second-order valence-electron chi connectivity index (χ2n) is 17.1.